The molecule has 0 saturated heterocycles. The van der Waals surface area contributed by atoms with Gasteiger partial charge in [0.2, 0.25) is 0 Å². The molecule has 0 bridgehead atoms. The summed E-state index contributed by atoms with van der Waals surface area (Å²) in [5, 5.41) is 3.71. The number of rotatable bonds is 3. The molecule has 1 atom stereocenters. The van der Waals surface area contributed by atoms with Gasteiger partial charge < -0.3 is 5.32 Å². The van der Waals surface area contributed by atoms with Crippen molar-refractivity contribution in [3.05, 3.63) is 30.1 Å². The van der Waals surface area contributed by atoms with E-state index in [2.05, 4.69) is 29.4 Å². The fourth-order valence-electron chi connectivity index (χ4n) is 2.52. The van der Waals surface area contributed by atoms with Gasteiger partial charge in [-0.05, 0) is 31.9 Å². The molecule has 2 heteroatoms. The Bertz CT molecular complexity index is 289. The molecule has 1 aromatic rings. The zero-order valence-corrected chi connectivity index (χ0v) is 10.2. The lowest BCUT2D eigenvalue weighted by Gasteiger charge is -2.21. The van der Waals surface area contributed by atoms with Crippen LogP contribution in [0, 0.1) is 0 Å². The molecule has 1 saturated carbocycles. The van der Waals surface area contributed by atoms with E-state index in [1.165, 1.54) is 38.5 Å². The maximum absolute atomic E-state index is 4.41. The summed E-state index contributed by atoms with van der Waals surface area (Å²) in [6, 6.07) is 7.22. The summed E-state index contributed by atoms with van der Waals surface area (Å²) >= 11 is 0. The number of pyridine rings is 1. The van der Waals surface area contributed by atoms with Crippen LogP contribution < -0.4 is 5.32 Å². The fraction of sp³-hybridized carbons (Fsp3) is 0.643. The first-order valence-corrected chi connectivity index (χ1v) is 6.53. The minimum Gasteiger partial charge on any atom is -0.306 e. The van der Waals surface area contributed by atoms with Crippen molar-refractivity contribution in [2.24, 2.45) is 0 Å². The van der Waals surface area contributed by atoms with E-state index in [9.17, 15) is 0 Å². The van der Waals surface area contributed by atoms with Gasteiger partial charge in [0.1, 0.15) is 0 Å². The smallest absolute Gasteiger partial charge is 0.0570 e. The van der Waals surface area contributed by atoms with Crippen LogP contribution in [0.2, 0.25) is 0 Å². The van der Waals surface area contributed by atoms with Gasteiger partial charge in [0.25, 0.3) is 0 Å². The Labute approximate surface area is 98.5 Å². The molecule has 0 unspecified atom stereocenters. The number of aromatic nitrogens is 1. The van der Waals surface area contributed by atoms with Crippen LogP contribution in [-0.2, 0) is 0 Å². The third kappa shape index (κ3) is 3.31. The monoisotopic (exact) mass is 218 g/mol. The van der Waals surface area contributed by atoms with E-state index < -0.39 is 0 Å². The van der Waals surface area contributed by atoms with Crippen molar-refractivity contribution < 1.29 is 0 Å². The van der Waals surface area contributed by atoms with Crippen LogP contribution in [0.25, 0.3) is 0 Å². The van der Waals surface area contributed by atoms with Crippen LogP contribution in [0.3, 0.4) is 0 Å². The lowest BCUT2D eigenvalue weighted by atomic mass is 10.1. The first kappa shape index (κ1) is 11.6. The summed E-state index contributed by atoms with van der Waals surface area (Å²) in [6.45, 7) is 2.22. The van der Waals surface area contributed by atoms with Crippen LogP contribution in [0.4, 0.5) is 0 Å². The normalized spacial score (nSPS) is 20.3. The molecule has 1 N–H and O–H groups in total. The second-order valence-corrected chi connectivity index (χ2v) is 4.83. The third-order valence-corrected chi connectivity index (χ3v) is 3.47. The van der Waals surface area contributed by atoms with Crippen LogP contribution in [-0.4, -0.2) is 11.0 Å². The molecule has 16 heavy (non-hydrogen) atoms. The Hall–Kier alpha value is -0.890. The third-order valence-electron chi connectivity index (χ3n) is 3.47. The SMILES string of the molecule is C[C@@H](NC1CCCCCC1)c1ccccn1. The van der Waals surface area contributed by atoms with Crippen molar-refractivity contribution in [3.8, 4) is 0 Å². The van der Waals surface area contributed by atoms with E-state index in [4.69, 9.17) is 0 Å². The summed E-state index contributed by atoms with van der Waals surface area (Å²) in [7, 11) is 0. The Morgan fingerprint density at radius 3 is 2.56 bits per heavy atom. The van der Waals surface area contributed by atoms with Crippen molar-refractivity contribution >= 4 is 0 Å². The molecular weight excluding hydrogens is 196 g/mol. The average Bonchev–Trinajstić information content (AvgIpc) is 2.59. The van der Waals surface area contributed by atoms with Crippen molar-refractivity contribution in [1.82, 2.24) is 10.3 Å². The van der Waals surface area contributed by atoms with E-state index in [0.717, 1.165) is 5.69 Å². The molecule has 0 amide bonds. The second kappa shape index (κ2) is 6.00. The maximum Gasteiger partial charge on any atom is 0.0570 e. The van der Waals surface area contributed by atoms with Gasteiger partial charge in [0.05, 0.1) is 5.69 Å². The van der Waals surface area contributed by atoms with Gasteiger partial charge >= 0.3 is 0 Å². The second-order valence-electron chi connectivity index (χ2n) is 4.83. The standard InChI is InChI=1S/C14H22N2/c1-12(14-10-6-7-11-15-14)16-13-8-4-2-3-5-9-13/h6-7,10-13,16H,2-5,8-9H2,1H3/t12-/m1/s1. The first-order valence-electron chi connectivity index (χ1n) is 6.53. The number of hydrogen-bond donors (Lipinski definition) is 1. The van der Waals surface area contributed by atoms with Crippen LogP contribution in [0.15, 0.2) is 24.4 Å². The topological polar surface area (TPSA) is 24.9 Å². The molecule has 1 fully saturated rings. The van der Waals surface area contributed by atoms with Gasteiger partial charge in [-0.25, -0.2) is 0 Å². The molecule has 0 spiro atoms. The van der Waals surface area contributed by atoms with Crippen LogP contribution in [0.5, 0.6) is 0 Å². The van der Waals surface area contributed by atoms with E-state index >= 15 is 0 Å². The summed E-state index contributed by atoms with van der Waals surface area (Å²) < 4.78 is 0. The van der Waals surface area contributed by atoms with E-state index in [1.807, 2.05) is 12.3 Å². The van der Waals surface area contributed by atoms with Gasteiger partial charge in [-0.3, -0.25) is 4.98 Å². The van der Waals surface area contributed by atoms with Gasteiger partial charge in [-0.15, -0.1) is 0 Å². The molecule has 0 aromatic carbocycles. The summed E-state index contributed by atoms with van der Waals surface area (Å²) in [5.41, 5.74) is 1.16. The zero-order chi connectivity index (χ0) is 11.2. The molecule has 88 valence electrons. The first-order chi connectivity index (χ1) is 7.86. The molecule has 0 aliphatic heterocycles. The summed E-state index contributed by atoms with van der Waals surface area (Å²) in [6.07, 6.45) is 10.1. The van der Waals surface area contributed by atoms with Crippen LogP contribution >= 0.6 is 0 Å². The highest BCUT2D eigenvalue weighted by Gasteiger charge is 2.15. The average molecular weight is 218 g/mol. The quantitative estimate of drug-likeness (QED) is 0.786. The molecule has 1 heterocycles. The van der Waals surface area contributed by atoms with Gasteiger partial charge in [0, 0.05) is 18.3 Å². The molecule has 1 aliphatic carbocycles. The number of nitrogens with zero attached hydrogens (tertiary/aromatic N) is 1. The Morgan fingerprint density at radius 1 is 1.19 bits per heavy atom. The Balaban J connectivity index is 1.88. The van der Waals surface area contributed by atoms with E-state index in [-0.39, 0.29) is 0 Å². The summed E-state index contributed by atoms with van der Waals surface area (Å²) in [5.74, 6) is 0. The lowest BCUT2D eigenvalue weighted by Crippen LogP contribution is -2.31. The number of nitrogens with one attached hydrogen (secondary N) is 1. The van der Waals surface area contributed by atoms with E-state index in [0.29, 0.717) is 12.1 Å². The Morgan fingerprint density at radius 2 is 1.94 bits per heavy atom. The van der Waals surface area contributed by atoms with Crippen LogP contribution in [0.1, 0.15) is 57.2 Å². The lowest BCUT2D eigenvalue weighted by molar-refractivity contribution is 0.410. The molecule has 2 rings (SSSR count). The predicted molar refractivity (Wildman–Crippen MR) is 67.3 cm³/mol. The summed E-state index contributed by atoms with van der Waals surface area (Å²) in [4.78, 5) is 4.41. The highest BCUT2D eigenvalue weighted by atomic mass is 15.0. The fourth-order valence-corrected chi connectivity index (χ4v) is 2.52. The van der Waals surface area contributed by atoms with Crippen molar-refractivity contribution in [2.75, 3.05) is 0 Å². The van der Waals surface area contributed by atoms with Crippen molar-refractivity contribution in [3.63, 3.8) is 0 Å². The Kier molecular flexibility index (Phi) is 4.34. The molecule has 2 nitrogen and oxygen atoms in total. The van der Waals surface area contributed by atoms with Gasteiger partial charge in [0.15, 0.2) is 0 Å². The molecule has 0 radical (unpaired) electrons. The molecule has 1 aliphatic rings. The molecular formula is C14H22N2. The zero-order valence-electron chi connectivity index (χ0n) is 10.2. The largest absolute Gasteiger partial charge is 0.306 e. The van der Waals surface area contributed by atoms with Crippen molar-refractivity contribution in [1.29, 1.82) is 0 Å². The molecule has 1 aromatic heterocycles. The minimum absolute atomic E-state index is 0.379. The van der Waals surface area contributed by atoms with Gasteiger partial charge in [-0.1, -0.05) is 31.7 Å². The number of hydrogen-bond acceptors (Lipinski definition) is 2. The minimum atomic E-state index is 0.379. The van der Waals surface area contributed by atoms with Crippen molar-refractivity contribution in [2.45, 2.75) is 57.5 Å². The van der Waals surface area contributed by atoms with Gasteiger partial charge in [-0.2, -0.15) is 0 Å². The predicted octanol–water partition coefficient (Wildman–Crippen LogP) is 3.46. The van der Waals surface area contributed by atoms with E-state index in [1.54, 1.807) is 0 Å². The highest BCUT2D eigenvalue weighted by Crippen LogP contribution is 2.20. The maximum atomic E-state index is 4.41. The highest BCUT2D eigenvalue weighted by molar-refractivity contribution is 5.07.